The maximum absolute atomic E-state index is 11.9. The number of carbonyl (C=O) groups is 2. The smallest absolute Gasteiger partial charge is 0.326 e. The summed E-state index contributed by atoms with van der Waals surface area (Å²) in [6.07, 6.45) is -0.728. The molecule has 1 aliphatic heterocycles. The van der Waals surface area contributed by atoms with Crippen LogP contribution in [0.4, 0.5) is 0 Å². The molecule has 1 amide bonds. The summed E-state index contributed by atoms with van der Waals surface area (Å²) in [5.41, 5.74) is 0. The largest absolute Gasteiger partial charge is 0.484 e. The predicted molar refractivity (Wildman–Crippen MR) is 65.7 cm³/mol. The van der Waals surface area contributed by atoms with Gasteiger partial charge in [0.1, 0.15) is 11.8 Å². The Bertz CT molecular complexity index is 461. The number of hydrogen-bond donors (Lipinski definition) is 2. The van der Waals surface area contributed by atoms with E-state index >= 15 is 0 Å². The quantitative estimate of drug-likeness (QED) is 0.807. The Labute approximate surface area is 110 Å². The third-order valence-corrected chi connectivity index (χ3v) is 2.99. The number of likely N-dealkylation sites (tertiary alicyclic amines) is 1. The number of carbonyl (C=O) groups excluding carboxylic acids is 1. The number of aliphatic hydroxyl groups is 1. The molecule has 2 N–H and O–H groups in total. The van der Waals surface area contributed by atoms with Crippen LogP contribution in [0.25, 0.3) is 0 Å². The van der Waals surface area contributed by atoms with Crippen molar-refractivity contribution in [2.45, 2.75) is 18.6 Å². The van der Waals surface area contributed by atoms with Gasteiger partial charge in [0.15, 0.2) is 6.61 Å². The molecule has 0 radical (unpaired) electrons. The Balaban J connectivity index is 1.94. The number of ether oxygens (including phenoxy) is 1. The molecule has 102 valence electrons. The van der Waals surface area contributed by atoms with Crippen molar-refractivity contribution in [2.75, 3.05) is 13.2 Å². The zero-order valence-electron chi connectivity index (χ0n) is 10.2. The number of rotatable bonds is 4. The predicted octanol–water partition coefficient (Wildman–Crippen LogP) is 0.112. The summed E-state index contributed by atoms with van der Waals surface area (Å²) in [5, 5.41) is 18.4. The summed E-state index contributed by atoms with van der Waals surface area (Å²) >= 11 is 0. The fourth-order valence-electron chi connectivity index (χ4n) is 2.07. The number of carboxylic acid groups (broad SMARTS) is 1. The normalized spacial score (nSPS) is 22.3. The fraction of sp³-hybridized carbons (Fsp3) is 0.385. The Morgan fingerprint density at radius 2 is 2.00 bits per heavy atom. The lowest BCUT2D eigenvalue weighted by atomic mass is 10.2. The molecular weight excluding hydrogens is 250 g/mol. The minimum atomic E-state index is -1.11. The van der Waals surface area contributed by atoms with Crippen molar-refractivity contribution in [1.82, 2.24) is 4.90 Å². The molecule has 0 bridgehead atoms. The lowest BCUT2D eigenvalue weighted by Gasteiger charge is -2.21. The van der Waals surface area contributed by atoms with Gasteiger partial charge >= 0.3 is 5.97 Å². The fourth-order valence-corrected chi connectivity index (χ4v) is 2.07. The highest BCUT2D eigenvalue weighted by atomic mass is 16.5. The van der Waals surface area contributed by atoms with E-state index in [0.29, 0.717) is 5.75 Å². The van der Waals surface area contributed by atoms with Gasteiger partial charge < -0.3 is 19.8 Å². The van der Waals surface area contributed by atoms with Gasteiger partial charge in [-0.1, -0.05) is 18.2 Å². The highest BCUT2D eigenvalue weighted by molar-refractivity contribution is 5.85. The summed E-state index contributed by atoms with van der Waals surface area (Å²) in [7, 11) is 0. The third kappa shape index (κ3) is 3.23. The maximum atomic E-state index is 11.9. The van der Waals surface area contributed by atoms with Crippen LogP contribution in [0.15, 0.2) is 30.3 Å². The van der Waals surface area contributed by atoms with Crippen LogP contribution in [0.2, 0.25) is 0 Å². The molecule has 0 unspecified atom stereocenters. The summed E-state index contributed by atoms with van der Waals surface area (Å²) < 4.78 is 5.28. The van der Waals surface area contributed by atoms with Crippen LogP contribution in [0, 0.1) is 0 Å². The van der Waals surface area contributed by atoms with E-state index in [2.05, 4.69) is 0 Å². The number of amides is 1. The van der Waals surface area contributed by atoms with Crippen LogP contribution >= 0.6 is 0 Å². The monoisotopic (exact) mass is 265 g/mol. The second-order valence-corrected chi connectivity index (χ2v) is 4.39. The van der Waals surface area contributed by atoms with Crippen LogP contribution in [-0.4, -0.2) is 52.3 Å². The van der Waals surface area contributed by atoms with Gasteiger partial charge in [0, 0.05) is 13.0 Å². The number of hydrogen-bond acceptors (Lipinski definition) is 4. The number of nitrogens with zero attached hydrogens (tertiary/aromatic N) is 1. The zero-order chi connectivity index (χ0) is 13.8. The van der Waals surface area contributed by atoms with E-state index in [1.807, 2.05) is 6.07 Å². The molecule has 1 fully saturated rings. The molecule has 0 aromatic heterocycles. The van der Waals surface area contributed by atoms with E-state index in [1.165, 1.54) is 0 Å². The Kier molecular flexibility index (Phi) is 4.01. The minimum absolute atomic E-state index is 0.0357. The molecule has 0 saturated carbocycles. The van der Waals surface area contributed by atoms with Gasteiger partial charge in [-0.3, -0.25) is 4.79 Å². The van der Waals surface area contributed by atoms with E-state index in [9.17, 15) is 14.7 Å². The molecule has 0 spiro atoms. The van der Waals surface area contributed by atoms with E-state index in [0.717, 1.165) is 4.90 Å². The third-order valence-electron chi connectivity index (χ3n) is 2.99. The number of carboxylic acids is 1. The summed E-state index contributed by atoms with van der Waals surface area (Å²) in [6.45, 7) is -0.200. The van der Waals surface area contributed by atoms with Gasteiger partial charge in [0.05, 0.1) is 6.10 Å². The van der Waals surface area contributed by atoms with Gasteiger partial charge in [0.2, 0.25) is 0 Å². The molecule has 6 nitrogen and oxygen atoms in total. The molecule has 1 aliphatic rings. The van der Waals surface area contributed by atoms with Crippen molar-refractivity contribution in [2.24, 2.45) is 0 Å². The number of aliphatic hydroxyl groups excluding tert-OH is 1. The van der Waals surface area contributed by atoms with Crippen molar-refractivity contribution in [3.8, 4) is 5.75 Å². The summed E-state index contributed by atoms with van der Waals surface area (Å²) in [6, 6.07) is 7.83. The molecule has 1 aromatic carbocycles. The molecule has 1 aromatic rings. The van der Waals surface area contributed by atoms with E-state index < -0.39 is 24.0 Å². The van der Waals surface area contributed by atoms with Gasteiger partial charge in [0.25, 0.3) is 5.91 Å². The van der Waals surface area contributed by atoms with Gasteiger partial charge in [-0.05, 0) is 12.1 Å². The average molecular weight is 265 g/mol. The number of aliphatic carboxylic acids is 1. The second-order valence-electron chi connectivity index (χ2n) is 4.39. The first-order chi connectivity index (χ1) is 9.08. The number of benzene rings is 1. The highest BCUT2D eigenvalue weighted by Gasteiger charge is 2.38. The lowest BCUT2D eigenvalue weighted by molar-refractivity contribution is -0.148. The van der Waals surface area contributed by atoms with Crippen LogP contribution in [0.1, 0.15) is 6.42 Å². The maximum Gasteiger partial charge on any atom is 0.326 e. The first-order valence-corrected chi connectivity index (χ1v) is 5.96. The molecule has 19 heavy (non-hydrogen) atoms. The van der Waals surface area contributed by atoms with Crippen molar-refractivity contribution < 1.29 is 24.5 Å². The lowest BCUT2D eigenvalue weighted by Crippen LogP contribution is -2.42. The highest BCUT2D eigenvalue weighted by Crippen LogP contribution is 2.18. The number of para-hydroxylation sites is 1. The average Bonchev–Trinajstić information content (AvgIpc) is 2.79. The van der Waals surface area contributed by atoms with Crippen molar-refractivity contribution in [3.63, 3.8) is 0 Å². The Hall–Kier alpha value is -2.08. The topological polar surface area (TPSA) is 87.1 Å². The molecule has 2 atom stereocenters. The van der Waals surface area contributed by atoms with Crippen molar-refractivity contribution >= 4 is 11.9 Å². The van der Waals surface area contributed by atoms with Crippen LogP contribution in [0.3, 0.4) is 0 Å². The molecule has 1 saturated heterocycles. The van der Waals surface area contributed by atoms with Crippen LogP contribution < -0.4 is 4.74 Å². The minimum Gasteiger partial charge on any atom is -0.484 e. The van der Waals surface area contributed by atoms with Gasteiger partial charge in [-0.25, -0.2) is 4.79 Å². The van der Waals surface area contributed by atoms with Crippen LogP contribution in [-0.2, 0) is 9.59 Å². The van der Waals surface area contributed by atoms with Crippen molar-refractivity contribution in [1.29, 1.82) is 0 Å². The molecular formula is C13H15NO5. The van der Waals surface area contributed by atoms with Crippen LogP contribution in [0.5, 0.6) is 5.75 Å². The second kappa shape index (κ2) is 5.71. The Morgan fingerprint density at radius 1 is 1.32 bits per heavy atom. The van der Waals surface area contributed by atoms with E-state index in [4.69, 9.17) is 9.84 Å². The first-order valence-electron chi connectivity index (χ1n) is 5.96. The summed E-state index contributed by atoms with van der Waals surface area (Å²) in [4.78, 5) is 24.0. The van der Waals surface area contributed by atoms with E-state index in [1.54, 1.807) is 24.3 Å². The van der Waals surface area contributed by atoms with E-state index in [-0.39, 0.29) is 19.6 Å². The Morgan fingerprint density at radius 3 is 2.63 bits per heavy atom. The molecule has 2 rings (SSSR count). The molecule has 1 heterocycles. The number of β-amino-alcohol motifs (C(OH)–C–C–N with tert-alkyl or cyclic N) is 1. The first kappa shape index (κ1) is 13.4. The zero-order valence-corrected chi connectivity index (χ0v) is 10.2. The van der Waals surface area contributed by atoms with Gasteiger partial charge in [-0.15, -0.1) is 0 Å². The summed E-state index contributed by atoms with van der Waals surface area (Å²) in [5.74, 6) is -1.00. The van der Waals surface area contributed by atoms with Gasteiger partial charge in [-0.2, -0.15) is 0 Å². The molecule has 6 heteroatoms. The molecule has 0 aliphatic carbocycles. The van der Waals surface area contributed by atoms with Crippen molar-refractivity contribution in [3.05, 3.63) is 30.3 Å². The SMILES string of the molecule is O=C(O)[C@@H]1C[C@H](O)CN1C(=O)COc1ccccc1. The standard InChI is InChI=1S/C13H15NO5/c15-9-6-11(13(17)18)14(7-9)12(16)8-19-10-4-2-1-3-5-10/h1-5,9,11,15H,6-8H2,(H,17,18)/t9-,11-/m0/s1.